The fourth-order valence-corrected chi connectivity index (χ4v) is 1.27. The average molecular weight is 224 g/mol. The van der Waals surface area contributed by atoms with Crippen LogP contribution in [0.1, 0.15) is 5.82 Å². The molecule has 0 atom stereocenters. The first-order chi connectivity index (χ1) is 7.72. The van der Waals surface area contributed by atoms with Crippen LogP contribution in [0.3, 0.4) is 0 Å². The fraction of sp³-hybridized carbons (Fsp3) is 0.200. The third-order valence-corrected chi connectivity index (χ3v) is 1.95. The van der Waals surface area contributed by atoms with Crippen LogP contribution in [0.5, 0.6) is 5.75 Å². The summed E-state index contributed by atoms with van der Waals surface area (Å²) in [5.74, 6) is -0.636. The molecule has 1 aromatic heterocycles. The number of hydrogen-bond acceptors (Lipinski definition) is 5. The van der Waals surface area contributed by atoms with Crippen molar-refractivity contribution in [3.05, 3.63) is 29.8 Å². The molecule has 0 saturated heterocycles. The molecule has 0 aliphatic heterocycles. The van der Waals surface area contributed by atoms with Gasteiger partial charge in [-0.1, -0.05) is 11.2 Å². The molecule has 1 aromatic carbocycles. The van der Waals surface area contributed by atoms with E-state index in [1.54, 1.807) is 0 Å². The molecule has 0 amide bonds. The lowest BCUT2D eigenvalue weighted by Crippen LogP contribution is -1.90. The van der Waals surface area contributed by atoms with Crippen LogP contribution in [0, 0.1) is 5.82 Å². The molecule has 6 heteroatoms. The molecule has 0 saturated carbocycles. The predicted octanol–water partition coefficient (Wildman–Crippen LogP) is 1.73. The average Bonchev–Trinajstić information content (AvgIpc) is 2.67. The number of nitrogens with zero attached hydrogens (tertiary/aromatic N) is 2. The quantitative estimate of drug-likeness (QED) is 0.859. The Labute approximate surface area is 90.5 Å². The van der Waals surface area contributed by atoms with Crippen LogP contribution in [0.15, 0.2) is 22.7 Å². The molecule has 2 rings (SSSR count). The van der Waals surface area contributed by atoms with Crippen molar-refractivity contribution in [3.8, 4) is 17.2 Å². The second kappa shape index (κ2) is 4.28. The molecule has 5 nitrogen and oxygen atoms in total. The molecule has 0 aliphatic rings. The smallest absolute Gasteiger partial charge is 0.264 e. The summed E-state index contributed by atoms with van der Waals surface area (Å²) in [4.78, 5) is 3.89. The first-order valence-electron chi connectivity index (χ1n) is 4.51. The summed E-state index contributed by atoms with van der Waals surface area (Å²) in [7, 11) is 1.48. The van der Waals surface area contributed by atoms with Crippen LogP contribution in [0.2, 0.25) is 0 Å². The normalized spacial score (nSPS) is 10.6. The van der Waals surface area contributed by atoms with Gasteiger partial charge in [-0.15, -0.1) is 0 Å². The third kappa shape index (κ3) is 1.87. The van der Waals surface area contributed by atoms with E-state index < -0.39 is 5.82 Å². The van der Waals surface area contributed by atoms with Crippen LogP contribution in [0.25, 0.3) is 11.5 Å². The molecule has 2 aromatic rings. The topological polar surface area (TPSA) is 68.4 Å². The number of halogens is 1. The number of methoxy groups -OCH3 is 1. The number of ether oxygens (including phenoxy) is 1. The second-order valence-electron chi connectivity index (χ2n) is 3.08. The van der Waals surface area contributed by atoms with Crippen molar-refractivity contribution in [1.29, 1.82) is 0 Å². The molecule has 16 heavy (non-hydrogen) atoms. The minimum atomic E-state index is -0.618. The highest BCUT2D eigenvalue weighted by Gasteiger charge is 2.17. The van der Waals surface area contributed by atoms with Crippen molar-refractivity contribution >= 4 is 0 Å². The van der Waals surface area contributed by atoms with Gasteiger partial charge < -0.3 is 14.4 Å². The predicted molar refractivity (Wildman–Crippen MR) is 52.1 cm³/mol. The Morgan fingerprint density at radius 2 is 2.31 bits per heavy atom. The monoisotopic (exact) mass is 224 g/mol. The lowest BCUT2D eigenvalue weighted by Gasteiger charge is -1.99. The first kappa shape index (κ1) is 10.6. The van der Waals surface area contributed by atoms with E-state index in [4.69, 9.17) is 9.26 Å². The van der Waals surface area contributed by atoms with E-state index in [-0.39, 0.29) is 23.8 Å². The third-order valence-electron chi connectivity index (χ3n) is 1.95. The van der Waals surface area contributed by atoms with E-state index in [2.05, 4.69) is 10.1 Å². The summed E-state index contributed by atoms with van der Waals surface area (Å²) in [6.45, 7) is 0.165. The molecule has 0 unspecified atom stereocenters. The SMILES string of the molecule is COCc1noc(-c2c(O)cccc2F)n1. The van der Waals surface area contributed by atoms with Gasteiger partial charge in [0, 0.05) is 7.11 Å². The summed E-state index contributed by atoms with van der Waals surface area (Å²) in [5.41, 5.74) is -0.0997. The minimum absolute atomic E-state index is 0.0670. The Hall–Kier alpha value is -1.95. The summed E-state index contributed by atoms with van der Waals surface area (Å²) >= 11 is 0. The van der Waals surface area contributed by atoms with Crippen LogP contribution in [0.4, 0.5) is 4.39 Å². The highest BCUT2D eigenvalue weighted by molar-refractivity contribution is 5.62. The van der Waals surface area contributed by atoms with E-state index in [0.717, 1.165) is 0 Å². The van der Waals surface area contributed by atoms with Gasteiger partial charge in [-0.25, -0.2) is 4.39 Å². The van der Waals surface area contributed by atoms with Crippen molar-refractivity contribution in [2.75, 3.05) is 7.11 Å². The molecular weight excluding hydrogens is 215 g/mol. The lowest BCUT2D eigenvalue weighted by molar-refractivity contribution is 0.174. The highest BCUT2D eigenvalue weighted by Crippen LogP contribution is 2.30. The van der Waals surface area contributed by atoms with Crippen LogP contribution >= 0.6 is 0 Å². The molecule has 0 radical (unpaired) electrons. The van der Waals surface area contributed by atoms with Gasteiger partial charge in [0.1, 0.15) is 23.7 Å². The van der Waals surface area contributed by atoms with E-state index in [1.807, 2.05) is 0 Å². The van der Waals surface area contributed by atoms with Gasteiger partial charge in [-0.3, -0.25) is 0 Å². The summed E-state index contributed by atoms with van der Waals surface area (Å²) in [6, 6.07) is 3.94. The van der Waals surface area contributed by atoms with Crippen LogP contribution in [-0.4, -0.2) is 22.4 Å². The minimum Gasteiger partial charge on any atom is -0.507 e. The zero-order valence-electron chi connectivity index (χ0n) is 8.48. The van der Waals surface area contributed by atoms with Gasteiger partial charge >= 0.3 is 0 Å². The first-order valence-corrected chi connectivity index (χ1v) is 4.51. The van der Waals surface area contributed by atoms with E-state index in [0.29, 0.717) is 5.82 Å². The Balaban J connectivity index is 2.42. The molecule has 84 valence electrons. The second-order valence-corrected chi connectivity index (χ2v) is 3.08. The zero-order valence-corrected chi connectivity index (χ0v) is 8.48. The zero-order chi connectivity index (χ0) is 11.5. The molecular formula is C10H9FN2O3. The van der Waals surface area contributed by atoms with E-state index in [9.17, 15) is 9.50 Å². The van der Waals surface area contributed by atoms with Gasteiger partial charge in [0.25, 0.3) is 5.89 Å². The largest absolute Gasteiger partial charge is 0.507 e. The summed E-state index contributed by atoms with van der Waals surface area (Å²) in [5, 5.41) is 13.1. The fourth-order valence-electron chi connectivity index (χ4n) is 1.27. The van der Waals surface area contributed by atoms with Crippen LogP contribution in [-0.2, 0) is 11.3 Å². The molecule has 0 aliphatic carbocycles. The maximum absolute atomic E-state index is 13.4. The van der Waals surface area contributed by atoms with E-state index in [1.165, 1.54) is 25.3 Å². The van der Waals surface area contributed by atoms with Gasteiger partial charge in [-0.2, -0.15) is 4.98 Å². The maximum atomic E-state index is 13.4. The van der Waals surface area contributed by atoms with Crippen molar-refractivity contribution in [2.45, 2.75) is 6.61 Å². The molecule has 1 heterocycles. The number of phenols is 1. The molecule has 0 fully saturated rings. The Kier molecular flexibility index (Phi) is 2.82. The number of hydrogen-bond donors (Lipinski definition) is 1. The van der Waals surface area contributed by atoms with Crippen molar-refractivity contribution in [3.63, 3.8) is 0 Å². The van der Waals surface area contributed by atoms with Crippen molar-refractivity contribution in [2.24, 2.45) is 0 Å². The summed E-state index contributed by atoms with van der Waals surface area (Å²) in [6.07, 6.45) is 0. The molecule has 1 N–H and O–H groups in total. The Morgan fingerprint density at radius 1 is 1.50 bits per heavy atom. The standard InChI is InChI=1S/C10H9FN2O3/c1-15-5-8-12-10(16-13-8)9-6(11)3-2-4-7(9)14/h2-4,14H,5H2,1H3. The van der Waals surface area contributed by atoms with E-state index >= 15 is 0 Å². The number of rotatable bonds is 3. The van der Waals surface area contributed by atoms with Gasteiger partial charge in [0.05, 0.1) is 0 Å². The Morgan fingerprint density at radius 3 is 3.00 bits per heavy atom. The summed E-state index contributed by atoms with van der Waals surface area (Å²) < 4.78 is 23.0. The lowest BCUT2D eigenvalue weighted by atomic mass is 10.2. The van der Waals surface area contributed by atoms with Crippen molar-refractivity contribution < 1.29 is 18.8 Å². The van der Waals surface area contributed by atoms with Gasteiger partial charge in [0.2, 0.25) is 0 Å². The van der Waals surface area contributed by atoms with Crippen molar-refractivity contribution in [1.82, 2.24) is 10.1 Å². The van der Waals surface area contributed by atoms with Gasteiger partial charge in [0.15, 0.2) is 5.82 Å². The van der Waals surface area contributed by atoms with Crippen LogP contribution < -0.4 is 0 Å². The number of aromatic nitrogens is 2. The highest BCUT2D eigenvalue weighted by atomic mass is 19.1. The number of phenolic OH excluding ortho intramolecular Hbond substituents is 1. The Bertz CT molecular complexity index is 478. The molecule has 0 spiro atoms. The number of aromatic hydroxyl groups is 1. The maximum Gasteiger partial charge on any atom is 0.264 e. The molecule has 0 bridgehead atoms. The van der Waals surface area contributed by atoms with Gasteiger partial charge in [-0.05, 0) is 12.1 Å². The number of benzene rings is 1.